The minimum atomic E-state index is -3.34. The van der Waals surface area contributed by atoms with Crippen molar-refractivity contribution in [3.8, 4) is 0 Å². The molecule has 0 aliphatic carbocycles. The Balaban J connectivity index is 1.61. The number of hydrogen-bond acceptors (Lipinski definition) is 5. The Labute approximate surface area is 155 Å². The van der Waals surface area contributed by atoms with Gasteiger partial charge < -0.3 is 0 Å². The van der Waals surface area contributed by atoms with E-state index in [1.807, 2.05) is 31.2 Å². The van der Waals surface area contributed by atoms with Crippen LogP contribution in [0.2, 0.25) is 0 Å². The largest absolute Gasteiger partial charge is 0.298 e. The predicted octanol–water partition coefficient (Wildman–Crippen LogP) is 3.26. The molecular weight excluding hydrogens is 370 g/mol. The number of fused-ring (bicyclic) bond motifs is 2. The molecule has 0 saturated carbocycles. The van der Waals surface area contributed by atoms with Crippen molar-refractivity contribution in [1.82, 2.24) is 4.98 Å². The average molecular weight is 387 g/mol. The molecule has 8 heteroatoms. The lowest BCUT2D eigenvalue weighted by molar-refractivity contribution is 0.102. The minimum Gasteiger partial charge on any atom is -0.298 e. The van der Waals surface area contributed by atoms with Gasteiger partial charge in [0, 0.05) is 11.6 Å². The van der Waals surface area contributed by atoms with Crippen LogP contribution in [0.1, 0.15) is 22.8 Å². The molecular formula is C18H17N3O3S2. The van der Waals surface area contributed by atoms with Crippen molar-refractivity contribution in [3.05, 3.63) is 53.6 Å². The van der Waals surface area contributed by atoms with Crippen LogP contribution >= 0.6 is 11.3 Å². The second kappa shape index (κ2) is 6.07. The molecule has 0 saturated heterocycles. The average Bonchev–Trinajstić information content (AvgIpc) is 3.12. The van der Waals surface area contributed by atoms with Gasteiger partial charge in [-0.05, 0) is 49.2 Å². The molecule has 1 amide bonds. The second-order valence-electron chi connectivity index (χ2n) is 6.40. The fourth-order valence-corrected chi connectivity index (χ4v) is 5.47. The molecule has 1 aliphatic heterocycles. The SMILES string of the molecule is C[C@@H]1Cc2cc(C(=O)Nc3nc4ccccc4s3)ccc2N1S(C)(=O)=O. The van der Waals surface area contributed by atoms with Gasteiger partial charge in [0.25, 0.3) is 5.91 Å². The number of aromatic nitrogens is 1. The third-order valence-electron chi connectivity index (χ3n) is 4.37. The molecule has 3 aromatic rings. The van der Waals surface area contributed by atoms with Gasteiger partial charge in [-0.1, -0.05) is 23.5 Å². The highest BCUT2D eigenvalue weighted by atomic mass is 32.2. The molecule has 0 unspecified atom stereocenters. The van der Waals surface area contributed by atoms with Crippen molar-refractivity contribution in [2.24, 2.45) is 0 Å². The third kappa shape index (κ3) is 2.95. The van der Waals surface area contributed by atoms with Crippen molar-refractivity contribution in [2.45, 2.75) is 19.4 Å². The first-order valence-electron chi connectivity index (χ1n) is 8.12. The summed E-state index contributed by atoms with van der Waals surface area (Å²) in [5, 5.41) is 3.37. The summed E-state index contributed by atoms with van der Waals surface area (Å²) in [6.07, 6.45) is 1.79. The van der Waals surface area contributed by atoms with E-state index in [0.29, 0.717) is 22.8 Å². The van der Waals surface area contributed by atoms with Crippen LogP contribution in [-0.4, -0.2) is 31.6 Å². The number of hydrogen-bond donors (Lipinski definition) is 1. The number of carbonyl (C=O) groups is 1. The van der Waals surface area contributed by atoms with E-state index in [1.165, 1.54) is 21.9 Å². The summed E-state index contributed by atoms with van der Waals surface area (Å²) in [6, 6.07) is 12.7. The molecule has 134 valence electrons. The fraction of sp³-hybridized carbons (Fsp3) is 0.222. The lowest BCUT2D eigenvalue weighted by atomic mass is 10.1. The van der Waals surface area contributed by atoms with Gasteiger partial charge in [-0.15, -0.1) is 0 Å². The summed E-state index contributed by atoms with van der Waals surface area (Å²) in [4.78, 5) is 17.0. The molecule has 0 fully saturated rings. The van der Waals surface area contributed by atoms with Crippen molar-refractivity contribution in [3.63, 3.8) is 0 Å². The number of para-hydroxylation sites is 1. The summed E-state index contributed by atoms with van der Waals surface area (Å²) >= 11 is 1.42. The summed E-state index contributed by atoms with van der Waals surface area (Å²) < 4.78 is 26.4. The Hall–Kier alpha value is -2.45. The zero-order chi connectivity index (χ0) is 18.5. The zero-order valence-corrected chi connectivity index (χ0v) is 15.9. The number of nitrogens with zero attached hydrogens (tertiary/aromatic N) is 2. The van der Waals surface area contributed by atoms with Gasteiger partial charge in [0.1, 0.15) is 0 Å². The van der Waals surface area contributed by atoms with Crippen LogP contribution in [0.3, 0.4) is 0 Å². The number of nitrogens with one attached hydrogen (secondary N) is 1. The molecule has 26 heavy (non-hydrogen) atoms. The van der Waals surface area contributed by atoms with E-state index in [-0.39, 0.29) is 11.9 Å². The molecule has 0 bridgehead atoms. The van der Waals surface area contributed by atoms with Crippen molar-refractivity contribution in [2.75, 3.05) is 15.9 Å². The van der Waals surface area contributed by atoms with Gasteiger partial charge in [-0.25, -0.2) is 13.4 Å². The summed E-state index contributed by atoms with van der Waals surface area (Å²) in [7, 11) is -3.34. The number of anilines is 2. The van der Waals surface area contributed by atoms with Crippen molar-refractivity contribution < 1.29 is 13.2 Å². The molecule has 1 aromatic heterocycles. The second-order valence-corrected chi connectivity index (χ2v) is 9.29. The number of rotatable bonds is 3. The smallest absolute Gasteiger partial charge is 0.257 e. The Kier molecular flexibility index (Phi) is 3.96. The Morgan fingerprint density at radius 2 is 2.04 bits per heavy atom. The maximum Gasteiger partial charge on any atom is 0.257 e. The maximum atomic E-state index is 12.6. The van der Waals surface area contributed by atoms with Gasteiger partial charge in [0.15, 0.2) is 5.13 Å². The van der Waals surface area contributed by atoms with Crippen molar-refractivity contribution in [1.29, 1.82) is 0 Å². The van der Waals surface area contributed by atoms with Crippen LogP contribution < -0.4 is 9.62 Å². The van der Waals surface area contributed by atoms with E-state index in [2.05, 4.69) is 10.3 Å². The van der Waals surface area contributed by atoms with Gasteiger partial charge >= 0.3 is 0 Å². The van der Waals surface area contributed by atoms with Crippen molar-refractivity contribution >= 4 is 48.3 Å². The molecule has 1 N–H and O–H groups in total. The minimum absolute atomic E-state index is 0.150. The highest BCUT2D eigenvalue weighted by molar-refractivity contribution is 7.92. The maximum absolute atomic E-state index is 12.6. The van der Waals surface area contributed by atoms with Gasteiger partial charge in [0.2, 0.25) is 10.0 Å². The first kappa shape index (κ1) is 17.0. The van der Waals surface area contributed by atoms with Gasteiger partial charge in [-0.2, -0.15) is 0 Å². The van der Waals surface area contributed by atoms with Crippen LogP contribution in [0.15, 0.2) is 42.5 Å². The van der Waals surface area contributed by atoms with E-state index in [9.17, 15) is 13.2 Å². The zero-order valence-electron chi connectivity index (χ0n) is 14.3. The Morgan fingerprint density at radius 1 is 1.27 bits per heavy atom. The lowest BCUT2D eigenvalue weighted by Gasteiger charge is -2.21. The summed E-state index contributed by atoms with van der Waals surface area (Å²) in [5.74, 6) is -0.252. The lowest BCUT2D eigenvalue weighted by Crippen LogP contribution is -2.34. The monoisotopic (exact) mass is 387 g/mol. The Morgan fingerprint density at radius 3 is 2.77 bits per heavy atom. The number of thiazole rings is 1. The quantitative estimate of drug-likeness (QED) is 0.748. The predicted molar refractivity (Wildman–Crippen MR) is 105 cm³/mol. The van der Waals surface area contributed by atoms with Crippen LogP contribution in [-0.2, 0) is 16.4 Å². The molecule has 2 aromatic carbocycles. The van der Waals surface area contributed by atoms with Gasteiger partial charge in [-0.3, -0.25) is 14.4 Å². The van der Waals surface area contributed by atoms with Crippen LogP contribution in [0.5, 0.6) is 0 Å². The van der Waals surface area contributed by atoms with Crippen LogP contribution in [0.25, 0.3) is 10.2 Å². The van der Waals surface area contributed by atoms with E-state index in [0.717, 1.165) is 15.8 Å². The summed E-state index contributed by atoms with van der Waals surface area (Å²) in [6.45, 7) is 1.86. The molecule has 0 spiro atoms. The molecule has 2 heterocycles. The number of carbonyl (C=O) groups excluding carboxylic acids is 1. The first-order valence-corrected chi connectivity index (χ1v) is 10.8. The van der Waals surface area contributed by atoms with E-state index >= 15 is 0 Å². The fourth-order valence-electron chi connectivity index (χ4n) is 3.34. The number of benzene rings is 2. The Bertz CT molecular complexity index is 1090. The van der Waals surface area contributed by atoms with E-state index in [1.54, 1.807) is 18.2 Å². The number of amides is 1. The third-order valence-corrected chi connectivity index (χ3v) is 6.59. The first-order chi connectivity index (χ1) is 12.3. The highest BCUT2D eigenvalue weighted by Gasteiger charge is 2.32. The van der Waals surface area contributed by atoms with Crippen LogP contribution in [0.4, 0.5) is 10.8 Å². The normalized spacial score (nSPS) is 16.7. The van der Waals surface area contributed by atoms with Gasteiger partial charge in [0.05, 0.1) is 22.2 Å². The topological polar surface area (TPSA) is 79.4 Å². The molecule has 4 rings (SSSR count). The molecule has 0 radical (unpaired) electrons. The van der Waals surface area contributed by atoms with Crippen LogP contribution in [0, 0.1) is 0 Å². The molecule has 1 aliphatic rings. The van der Waals surface area contributed by atoms with E-state index < -0.39 is 10.0 Å². The molecule has 1 atom stereocenters. The summed E-state index contributed by atoms with van der Waals surface area (Å²) in [5.41, 5.74) is 2.85. The number of sulfonamides is 1. The highest BCUT2D eigenvalue weighted by Crippen LogP contribution is 2.35. The standard InChI is InChI=1S/C18H17N3O3S2/c1-11-9-13-10-12(7-8-15(13)21(11)26(2,23)24)17(22)20-18-19-14-5-3-4-6-16(14)25-18/h3-8,10-11H,9H2,1-2H3,(H,19,20,22)/t11-/m1/s1. The molecule has 6 nitrogen and oxygen atoms in total. The van der Waals surface area contributed by atoms with E-state index in [4.69, 9.17) is 0 Å².